The number of benzene rings is 6. The Kier molecular flexibility index (Phi) is 7.25. The minimum atomic E-state index is 0.648. The molecule has 0 radical (unpaired) electrons. The summed E-state index contributed by atoms with van der Waals surface area (Å²) in [5.74, 6) is 2.17. The number of pyridine rings is 1. The van der Waals surface area contributed by atoms with E-state index >= 15 is 0 Å². The van der Waals surface area contributed by atoms with Gasteiger partial charge in [-0.25, -0.2) is 4.98 Å². The molecule has 8 rings (SSSR count). The van der Waals surface area contributed by atoms with E-state index in [2.05, 4.69) is 108 Å². The highest BCUT2D eigenvalue weighted by molar-refractivity contribution is 5.98. The number of aromatic amines is 1. The van der Waals surface area contributed by atoms with Crippen molar-refractivity contribution in [2.24, 2.45) is 0 Å². The van der Waals surface area contributed by atoms with Gasteiger partial charge < -0.3 is 5.73 Å². The number of nitrogens with two attached hydrogens (primary N) is 1. The molecule has 8 aromatic rings. The van der Waals surface area contributed by atoms with Gasteiger partial charge in [0.05, 0.1) is 22.2 Å². The van der Waals surface area contributed by atoms with Gasteiger partial charge in [0.2, 0.25) is 0 Å². The molecule has 3 N–H and O–H groups in total. The Hall–Kier alpha value is -6.46. The fourth-order valence-corrected chi connectivity index (χ4v) is 5.93. The van der Waals surface area contributed by atoms with Gasteiger partial charge in [-0.15, -0.1) is 0 Å². The molecule has 0 atom stereocenters. The van der Waals surface area contributed by atoms with Crippen LogP contribution in [0.15, 0.2) is 164 Å². The lowest BCUT2D eigenvalue weighted by molar-refractivity contribution is -0.359. The lowest BCUT2D eigenvalue weighted by atomic mass is 9.94. The fourth-order valence-electron chi connectivity index (χ4n) is 5.93. The average molecular weight is 605 g/mol. The largest absolute Gasteiger partial charge is 0.399 e. The number of nitrogen functional groups attached to an aromatic ring is 1. The summed E-state index contributed by atoms with van der Waals surface area (Å²) in [4.78, 5) is 18.3. The van der Waals surface area contributed by atoms with Crippen molar-refractivity contribution in [3.63, 3.8) is 0 Å². The molecule has 0 aliphatic rings. The van der Waals surface area contributed by atoms with Gasteiger partial charge in [0, 0.05) is 22.8 Å². The van der Waals surface area contributed by atoms with E-state index in [1.807, 2.05) is 60.8 Å². The molecular formula is C42H30N5+. The molecule has 2 aromatic heterocycles. The molecule has 2 heterocycles. The van der Waals surface area contributed by atoms with Crippen molar-refractivity contribution in [2.45, 2.75) is 0 Å². The third-order valence-corrected chi connectivity index (χ3v) is 8.37. The Bertz CT molecular complexity index is 2280. The van der Waals surface area contributed by atoms with Gasteiger partial charge in [-0.1, -0.05) is 101 Å². The number of hydrogen-bond donors (Lipinski definition) is 1. The second-order valence-corrected chi connectivity index (χ2v) is 11.5. The van der Waals surface area contributed by atoms with Gasteiger partial charge in [-0.3, -0.25) is 4.98 Å². The molecule has 0 aliphatic heterocycles. The molecule has 222 valence electrons. The monoisotopic (exact) mass is 604 g/mol. The molecule has 0 amide bonds. The quantitative estimate of drug-likeness (QED) is 0.192. The highest BCUT2D eigenvalue weighted by Crippen LogP contribution is 2.35. The number of rotatable bonds is 6. The molecule has 47 heavy (non-hydrogen) atoms. The maximum Gasteiger partial charge on any atom is 0.308 e. The predicted octanol–water partition coefficient (Wildman–Crippen LogP) is 9.42. The Labute approximate surface area is 273 Å². The van der Waals surface area contributed by atoms with Crippen molar-refractivity contribution in [3.05, 3.63) is 164 Å². The van der Waals surface area contributed by atoms with E-state index < -0.39 is 0 Å². The first-order chi connectivity index (χ1) is 23.2. The van der Waals surface area contributed by atoms with Crippen LogP contribution in [0.2, 0.25) is 0 Å². The normalized spacial score (nSPS) is 11.1. The number of fused-ring (bicyclic) bond motifs is 1. The van der Waals surface area contributed by atoms with Gasteiger partial charge in [-0.05, 0) is 94.5 Å². The minimum Gasteiger partial charge on any atom is -0.399 e. The lowest BCUT2D eigenvalue weighted by Crippen LogP contribution is -2.16. The maximum atomic E-state index is 5.90. The molecule has 0 fully saturated rings. The summed E-state index contributed by atoms with van der Waals surface area (Å²) < 4.78 is 0. The SMILES string of the molecule is Nc1ccc(-c2ccc(-c3cc(-c4cccc(-c5nc(-c6ccccc6)[nH+]c(-c6ccccc6)n5)c4)c4ncccc4c3)cc2)cc1. The van der Waals surface area contributed by atoms with E-state index in [0.717, 1.165) is 78.3 Å². The van der Waals surface area contributed by atoms with Crippen molar-refractivity contribution in [1.29, 1.82) is 0 Å². The molecular weight excluding hydrogens is 574 g/mol. The van der Waals surface area contributed by atoms with Crippen LogP contribution in [0.25, 0.3) is 78.4 Å². The van der Waals surface area contributed by atoms with Gasteiger partial charge in [0.15, 0.2) is 0 Å². The number of aromatic nitrogens is 4. The highest BCUT2D eigenvalue weighted by atomic mass is 15.0. The third kappa shape index (κ3) is 5.74. The van der Waals surface area contributed by atoms with Crippen LogP contribution in [0.1, 0.15) is 0 Å². The first kappa shape index (κ1) is 28.0. The topological polar surface area (TPSA) is 78.8 Å². The Morgan fingerprint density at radius 3 is 1.62 bits per heavy atom. The molecule has 5 nitrogen and oxygen atoms in total. The molecule has 6 aromatic carbocycles. The summed E-state index contributed by atoms with van der Waals surface area (Å²) in [6.45, 7) is 0. The first-order valence-electron chi connectivity index (χ1n) is 15.6. The standard InChI is InChI=1S/C42H29N5/c43-37-22-20-29(21-23-37)28-16-18-30(19-17-28)36-26-34-15-8-24-44-39(34)38(27-36)33-13-7-14-35(25-33)42-46-40(31-9-3-1-4-10-31)45-41(47-42)32-11-5-2-6-12-32/h1-27H,43H2/p+1. The average Bonchev–Trinajstić information content (AvgIpc) is 3.15. The molecule has 0 bridgehead atoms. The minimum absolute atomic E-state index is 0.648. The van der Waals surface area contributed by atoms with Gasteiger partial charge in [0.25, 0.3) is 11.6 Å². The van der Waals surface area contributed by atoms with Crippen molar-refractivity contribution in [1.82, 2.24) is 15.0 Å². The second-order valence-electron chi connectivity index (χ2n) is 11.5. The van der Waals surface area contributed by atoms with Crippen molar-refractivity contribution in [3.8, 4) is 67.5 Å². The lowest BCUT2D eigenvalue weighted by Gasteiger charge is -2.12. The molecule has 0 spiro atoms. The van der Waals surface area contributed by atoms with Crippen molar-refractivity contribution in [2.75, 3.05) is 5.73 Å². The van der Waals surface area contributed by atoms with E-state index in [9.17, 15) is 0 Å². The zero-order valence-electron chi connectivity index (χ0n) is 25.5. The van der Waals surface area contributed by atoms with E-state index in [4.69, 9.17) is 20.7 Å². The van der Waals surface area contributed by atoms with Crippen LogP contribution >= 0.6 is 0 Å². The summed E-state index contributed by atoms with van der Waals surface area (Å²) in [7, 11) is 0. The summed E-state index contributed by atoms with van der Waals surface area (Å²) >= 11 is 0. The van der Waals surface area contributed by atoms with Gasteiger partial charge >= 0.3 is 5.82 Å². The third-order valence-electron chi connectivity index (χ3n) is 8.37. The predicted molar refractivity (Wildman–Crippen MR) is 191 cm³/mol. The zero-order valence-corrected chi connectivity index (χ0v) is 25.5. The van der Waals surface area contributed by atoms with Crippen molar-refractivity contribution < 1.29 is 4.98 Å². The van der Waals surface area contributed by atoms with Crippen LogP contribution in [0, 0.1) is 0 Å². The summed E-state index contributed by atoms with van der Waals surface area (Å²) in [5.41, 5.74) is 17.2. The Morgan fingerprint density at radius 1 is 0.426 bits per heavy atom. The number of anilines is 1. The number of nitrogens with zero attached hydrogens (tertiary/aromatic N) is 3. The van der Waals surface area contributed by atoms with Crippen LogP contribution in [0.4, 0.5) is 5.69 Å². The molecule has 5 heteroatoms. The van der Waals surface area contributed by atoms with Gasteiger partial charge in [0.1, 0.15) is 0 Å². The van der Waals surface area contributed by atoms with Crippen LogP contribution in [-0.4, -0.2) is 15.0 Å². The molecule has 0 unspecified atom stereocenters. The van der Waals surface area contributed by atoms with Crippen LogP contribution in [0.3, 0.4) is 0 Å². The number of nitrogens with one attached hydrogen (secondary N) is 1. The molecule has 0 saturated carbocycles. The summed E-state index contributed by atoms with van der Waals surface area (Å²) in [6.07, 6.45) is 1.85. The van der Waals surface area contributed by atoms with E-state index in [0.29, 0.717) is 5.82 Å². The number of H-pyrrole nitrogens is 1. The first-order valence-corrected chi connectivity index (χ1v) is 15.6. The maximum absolute atomic E-state index is 5.90. The van der Waals surface area contributed by atoms with Crippen molar-refractivity contribution >= 4 is 16.6 Å². The van der Waals surface area contributed by atoms with Gasteiger partial charge in [-0.2, -0.15) is 0 Å². The second kappa shape index (κ2) is 12.1. The zero-order chi connectivity index (χ0) is 31.6. The fraction of sp³-hybridized carbons (Fsp3) is 0. The highest BCUT2D eigenvalue weighted by Gasteiger charge is 2.20. The van der Waals surface area contributed by atoms with Crippen LogP contribution in [0.5, 0.6) is 0 Å². The van der Waals surface area contributed by atoms with E-state index in [-0.39, 0.29) is 0 Å². The molecule has 0 saturated heterocycles. The van der Waals surface area contributed by atoms with E-state index in [1.54, 1.807) is 0 Å². The molecule has 0 aliphatic carbocycles. The Balaban J connectivity index is 1.23. The summed E-state index contributed by atoms with van der Waals surface area (Å²) in [5, 5.41) is 1.08. The smallest absolute Gasteiger partial charge is 0.308 e. The van der Waals surface area contributed by atoms with Crippen LogP contribution in [-0.2, 0) is 0 Å². The number of hydrogen-bond acceptors (Lipinski definition) is 4. The van der Waals surface area contributed by atoms with Crippen LogP contribution < -0.4 is 10.7 Å². The summed E-state index contributed by atoms with van der Waals surface area (Å²) in [6, 6.07) is 53.9. The van der Waals surface area contributed by atoms with E-state index in [1.165, 1.54) is 0 Å². The Morgan fingerprint density at radius 2 is 0.979 bits per heavy atom.